The number of hydrogen-bond donors (Lipinski definition) is 2. The molecule has 1 unspecified atom stereocenters. The number of carbonyl (C=O) groups is 1. The number of sulfonamides is 1. The number of nitrogens with one attached hydrogen (secondary N) is 1. The number of carbonyl (C=O) groups excluding carboxylic acids is 1. The fraction of sp³-hybridized carbons (Fsp3) is 0.300. The van der Waals surface area contributed by atoms with Crippen molar-refractivity contribution in [2.75, 3.05) is 0 Å². The molecule has 5 nitrogen and oxygen atoms in total. The summed E-state index contributed by atoms with van der Waals surface area (Å²) in [4.78, 5) is 10.6. The number of benzene rings is 1. The minimum absolute atomic E-state index is 0.0600. The average Bonchev–Trinajstić information content (AvgIpc) is 2.15. The van der Waals surface area contributed by atoms with E-state index in [-0.39, 0.29) is 11.3 Å². The molecule has 0 aromatic heterocycles. The van der Waals surface area contributed by atoms with Gasteiger partial charge in [0.2, 0.25) is 15.9 Å². The maximum Gasteiger partial charge on any atom is 0.240 e. The fourth-order valence-corrected chi connectivity index (χ4v) is 2.53. The van der Waals surface area contributed by atoms with E-state index in [0.29, 0.717) is 0 Å². The minimum atomic E-state index is -3.75. The third-order valence-corrected chi connectivity index (χ3v) is 3.59. The number of halogens is 1. The van der Waals surface area contributed by atoms with E-state index < -0.39 is 27.8 Å². The second-order valence-electron chi connectivity index (χ2n) is 3.65. The van der Waals surface area contributed by atoms with Crippen LogP contribution in [0.2, 0.25) is 0 Å². The highest BCUT2D eigenvalue weighted by atomic mass is 32.2. The molecular formula is C10H13FN2O3S. The van der Waals surface area contributed by atoms with Crippen LogP contribution in [0.1, 0.15) is 13.3 Å². The predicted octanol–water partition coefficient (Wildman–Crippen LogP) is 0.368. The Kier molecular flexibility index (Phi) is 4.19. The van der Waals surface area contributed by atoms with Crippen molar-refractivity contribution in [2.45, 2.75) is 24.3 Å². The molecule has 1 atom stereocenters. The number of amides is 1. The van der Waals surface area contributed by atoms with Gasteiger partial charge in [0.05, 0.1) is 4.90 Å². The topological polar surface area (TPSA) is 89.3 Å². The Morgan fingerprint density at radius 3 is 2.41 bits per heavy atom. The summed E-state index contributed by atoms with van der Waals surface area (Å²) in [6.45, 7) is 1.52. The lowest BCUT2D eigenvalue weighted by Gasteiger charge is -2.12. The van der Waals surface area contributed by atoms with Crippen LogP contribution < -0.4 is 10.5 Å². The van der Waals surface area contributed by atoms with Gasteiger partial charge < -0.3 is 5.73 Å². The lowest BCUT2D eigenvalue weighted by atomic mass is 10.2. The Bertz CT molecular complexity index is 499. The van der Waals surface area contributed by atoms with Crippen molar-refractivity contribution in [1.82, 2.24) is 4.72 Å². The Balaban J connectivity index is 2.82. The van der Waals surface area contributed by atoms with Crippen molar-refractivity contribution in [2.24, 2.45) is 5.73 Å². The molecule has 1 rings (SSSR count). The molecule has 1 aromatic rings. The molecule has 17 heavy (non-hydrogen) atoms. The van der Waals surface area contributed by atoms with Gasteiger partial charge in [0.25, 0.3) is 0 Å². The van der Waals surface area contributed by atoms with Gasteiger partial charge in [-0.05, 0) is 31.2 Å². The molecule has 0 fully saturated rings. The van der Waals surface area contributed by atoms with Gasteiger partial charge in [0.15, 0.2) is 0 Å². The third kappa shape index (κ3) is 4.12. The first-order chi connectivity index (χ1) is 7.81. The van der Waals surface area contributed by atoms with E-state index in [2.05, 4.69) is 4.72 Å². The second kappa shape index (κ2) is 5.24. The zero-order chi connectivity index (χ0) is 13.1. The zero-order valence-electron chi connectivity index (χ0n) is 9.18. The lowest BCUT2D eigenvalue weighted by molar-refractivity contribution is -0.118. The number of rotatable bonds is 5. The van der Waals surface area contributed by atoms with Gasteiger partial charge >= 0.3 is 0 Å². The van der Waals surface area contributed by atoms with E-state index >= 15 is 0 Å². The molecule has 0 saturated heterocycles. The Hall–Kier alpha value is -1.47. The summed E-state index contributed by atoms with van der Waals surface area (Å²) in [5.41, 5.74) is 4.95. The molecule has 0 aliphatic rings. The molecule has 0 saturated carbocycles. The van der Waals surface area contributed by atoms with Crippen LogP contribution in [-0.4, -0.2) is 20.4 Å². The molecule has 1 aromatic carbocycles. The Morgan fingerprint density at radius 2 is 1.94 bits per heavy atom. The van der Waals surface area contributed by atoms with Gasteiger partial charge in [0, 0.05) is 12.5 Å². The van der Waals surface area contributed by atoms with Gasteiger partial charge in [-0.1, -0.05) is 0 Å². The highest BCUT2D eigenvalue weighted by Crippen LogP contribution is 2.10. The summed E-state index contributed by atoms with van der Waals surface area (Å²) in [5.74, 6) is -1.12. The lowest BCUT2D eigenvalue weighted by Crippen LogP contribution is -2.35. The highest BCUT2D eigenvalue weighted by Gasteiger charge is 2.18. The van der Waals surface area contributed by atoms with E-state index in [9.17, 15) is 17.6 Å². The Morgan fingerprint density at radius 1 is 1.41 bits per heavy atom. The van der Waals surface area contributed by atoms with Crippen LogP contribution >= 0.6 is 0 Å². The highest BCUT2D eigenvalue weighted by molar-refractivity contribution is 7.89. The largest absolute Gasteiger partial charge is 0.370 e. The van der Waals surface area contributed by atoms with E-state index in [0.717, 1.165) is 24.3 Å². The van der Waals surface area contributed by atoms with Crippen molar-refractivity contribution in [3.63, 3.8) is 0 Å². The summed E-state index contributed by atoms with van der Waals surface area (Å²) in [7, 11) is -3.75. The molecule has 94 valence electrons. The van der Waals surface area contributed by atoms with E-state index in [4.69, 9.17) is 5.73 Å². The first-order valence-electron chi connectivity index (χ1n) is 4.87. The molecule has 0 bridgehead atoms. The summed E-state index contributed by atoms with van der Waals surface area (Å²) in [6, 6.07) is 3.78. The Labute approximate surface area is 98.9 Å². The van der Waals surface area contributed by atoms with Gasteiger partial charge in [-0.25, -0.2) is 17.5 Å². The monoisotopic (exact) mass is 260 g/mol. The summed E-state index contributed by atoms with van der Waals surface area (Å²) >= 11 is 0. The third-order valence-electron chi connectivity index (χ3n) is 1.99. The summed E-state index contributed by atoms with van der Waals surface area (Å²) < 4.78 is 38.4. The smallest absolute Gasteiger partial charge is 0.240 e. The van der Waals surface area contributed by atoms with Crippen LogP contribution in [0, 0.1) is 5.82 Å². The van der Waals surface area contributed by atoms with Crippen LogP contribution in [0.15, 0.2) is 29.2 Å². The normalized spacial score (nSPS) is 13.3. The second-order valence-corrected chi connectivity index (χ2v) is 5.36. The summed E-state index contributed by atoms with van der Waals surface area (Å²) in [6.07, 6.45) is -0.0968. The summed E-state index contributed by atoms with van der Waals surface area (Å²) in [5, 5.41) is 0. The van der Waals surface area contributed by atoms with Crippen molar-refractivity contribution >= 4 is 15.9 Å². The number of hydrogen-bond acceptors (Lipinski definition) is 3. The molecular weight excluding hydrogens is 247 g/mol. The molecule has 0 radical (unpaired) electrons. The molecule has 0 heterocycles. The zero-order valence-corrected chi connectivity index (χ0v) is 10.00. The number of primary amides is 1. The van der Waals surface area contributed by atoms with E-state index in [1.807, 2.05) is 0 Å². The van der Waals surface area contributed by atoms with Crippen LogP contribution in [-0.2, 0) is 14.8 Å². The number of nitrogens with two attached hydrogens (primary N) is 1. The maximum atomic E-state index is 12.6. The van der Waals surface area contributed by atoms with E-state index in [1.54, 1.807) is 0 Å². The van der Waals surface area contributed by atoms with Crippen molar-refractivity contribution in [3.8, 4) is 0 Å². The minimum Gasteiger partial charge on any atom is -0.370 e. The maximum absolute atomic E-state index is 12.6. The average molecular weight is 260 g/mol. The van der Waals surface area contributed by atoms with Gasteiger partial charge in [0.1, 0.15) is 5.82 Å². The van der Waals surface area contributed by atoms with Gasteiger partial charge in [-0.15, -0.1) is 0 Å². The molecule has 1 amide bonds. The standard InChI is InChI=1S/C10H13FN2O3S/c1-7(6-10(12)14)13-17(15,16)9-4-2-8(11)3-5-9/h2-5,7,13H,6H2,1H3,(H2,12,14). The molecule has 7 heteroatoms. The molecule has 0 aliphatic heterocycles. The van der Waals surface area contributed by atoms with Crippen molar-refractivity contribution < 1.29 is 17.6 Å². The predicted molar refractivity (Wildman–Crippen MR) is 60.0 cm³/mol. The van der Waals surface area contributed by atoms with Crippen molar-refractivity contribution in [3.05, 3.63) is 30.1 Å². The van der Waals surface area contributed by atoms with Gasteiger partial charge in [-0.3, -0.25) is 4.79 Å². The van der Waals surface area contributed by atoms with E-state index in [1.165, 1.54) is 6.92 Å². The quantitative estimate of drug-likeness (QED) is 0.801. The molecule has 3 N–H and O–H groups in total. The first kappa shape index (κ1) is 13.6. The molecule has 0 spiro atoms. The molecule has 0 aliphatic carbocycles. The van der Waals surface area contributed by atoms with Crippen molar-refractivity contribution in [1.29, 1.82) is 0 Å². The van der Waals surface area contributed by atoms with Gasteiger partial charge in [-0.2, -0.15) is 0 Å². The van der Waals surface area contributed by atoms with Crippen LogP contribution in [0.5, 0.6) is 0 Å². The first-order valence-corrected chi connectivity index (χ1v) is 6.36. The SMILES string of the molecule is CC(CC(N)=O)NS(=O)(=O)c1ccc(F)cc1. The fourth-order valence-electron chi connectivity index (χ4n) is 1.29. The van der Waals surface area contributed by atoms with Crippen LogP contribution in [0.4, 0.5) is 4.39 Å². The van der Waals surface area contributed by atoms with Crippen LogP contribution in [0.3, 0.4) is 0 Å². The van der Waals surface area contributed by atoms with Crippen LogP contribution in [0.25, 0.3) is 0 Å².